The Morgan fingerprint density at radius 3 is 2.44 bits per heavy atom. The predicted octanol–water partition coefficient (Wildman–Crippen LogP) is 5.62. The van der Waals surface area contributed by atoms with Gasteiger partial charge in [-0.05, 0) is 49.1 Å². The van der Waals surface area contributed by atoms with Gasteiger partial charge in [-0.1, -0.05) is 33.6 Å². The zero-order valence-corrected chi connectivity index (χ0v) is 12.4. The summed E-state index contributed by atoms with van der Waals surface area (Å²) >= 11 is 9.20. The molecule has 0 unspecified atom stereocenters. The summed E-state index contributed by atoms with van der Waals surface area (Å²) in [5.41, 5.74) is 0.970. The van der Waals surface area contributed by atoms with Gasteiger partial charge < -0.3 is 0 Å². The zero-order valence-electron chi connectivity index (χ0n) is 10.1. The number of alkyl halides is 2. The smallest absolute Gasteiger partial charge is 0.147 e. The number of hydrogen-bond donors (Lipinski definition) is 0. The van der Waals surface area contributed by atoms with E-state index in [9.17, 15) is 8.78 Å². The van der Waals surface area contributed by atoms with E-state index in [4.69, 9.17) is 11.6 Å². The lowest BCUT2D eigenvalue weighted by Crippen LogP contribution is -2.15. The normalized spacial score (nSPS) is 24.2. The fourth-order valence-electron chi connectivity index (χ4n) is 2.75. The maximum absolute atomic E-state index is 13.8. The highest BCUT2D eigenvalue weighted by Gasteiger charge is 2.25. The van der Waals surface area contributed by atoms with Gasteiger partial charge in [0.05, 0.1) is 5.02 Å². The highest BCUT2D eigenvalue weighted by molar-refractivity contribution is 9.09. The summed E-state index contributed by atoms with van der Waals surface area (Å²) in [6, 6.07) is 3.33. The lowest BCUT2D eigenvalue weighted by atomic mass is 9.78. The monoisotopic (exact) mass is 336 g/mol. The molecule has 1 fully saturated rings. The molecule has 0 aliphatic heterocycles. The van der Waals surface area contributed by atoms with E-state index >= 15 is 0 Å². The first kappa shape index (κ1) is 14.3. The minimum Gasteiger partial charge on any atom is -0.246 e. The highest BCUT2D eigenvalue weighted by Crippen LogP contribution is 2.39. The van der Waals surface area contributed by atoms with Crippen molar-refractivity contribution in [1.82, 2.24) is 0 Å². The second-order valence-corrected chi connectivity index (χ2v) is 5.99. The molecule has 0 radical (unpaired) electrons. The van der Waals surface area contributed by atoms with E-state index in [0.29, 0.717) is 5.92 Å². The molecule has 0 aromatic heterocycles. The Balaban J connectivity index is 2.21. The van der Waals surface area contributed by atoms with E-state index in [1.54, 1.807) is 12.1 Å². The van der Waals surface area contributed by atoms with Crippen molar-refractivity contribution in [1.29, 1.82) is 0 Å². The Labute approximate surface area is 120 Å². The molecule has 0 heterocycles. The van der Waals surface area contributed by atoms with E-state index in [-0.39, 0.29) is 16.5 Å². The van der Waals surface area contributed by atoms with Gasteiger partial charge in [0.25, 0.3) is 0 Å². The molecule has 0 saturated heterocycles. The molecule has 18 heavy (non-hydrogen) atoms. The maximum atomic E-state index is 13.8. The molecule has 0 spiro atoms. The van der Waals surface area contributed by atoms with Crippen LogP contribution in [0.5, 0.6) is 0 Å². The van der Waals surface area contributed by atoms with Crippen molar-refractivity contribution in [2.24, 2.45) is 5.92 Å². The molecule has 0 N–H and O–H groups in total. The van der Waals surface area contributed by atoms with Gasteiger partial charge in [0.1, 0.15) is 12.5 Å². The van der Waals surface area contributed by atoms with Gasteiger partial charge in [0.2, 0.25) is 0 Å². The molecule has 0 amide bonds. The van der Waals surface area contributed by atoms with Crippen molar-refractivity contribution in [3.05, 3.63) is 34.1 Å². The Kier molecular flexibility index (Phi) is 5.02. The standard InChI is InChI=1S/C14H16BrClF2/c15-7-9-1-3-10(4-2-9)11-5-6-13(16)14(18)12(11)8-17/h5-6,9-10H,1-4,7-8H2/t9-,10-. The molecule has 2 rings (SSSR count). The number of halogens is 4. The third-order valence-corrected chi connectivity index (χ3v) is 5.08. The van der Waals surface area contributed by atoms with Crippen LogP contribution in [0, 0.1) is 11.7 Å². The molecule has 1 aromatic carbocycles. The molecule has 1 aromatic rings. The lowest BCUT2D eigenvalue weighted by Gasteiger charge is -2.29. The van der Waals surface area contributed by atoms with Gasteiger partial charge in [-0.2, -0.15) is 0 Å². The van der Waals surface area contributed by atoms with Crippen molar-refractivity contribution >= 4 is 27.5 Å². The minimum atomic E-state index is -0.778. The van der Waals surface area contributed by atoms with Crippen molar-refractivity contribution < 1.29 is 8.78 Å². The van der Waals surface area contributed by atoms with Gasteiger partial charge in [0, 0.05) is 10.9 Å². The van der Waals surface area contributed by atoms with Crippen LogP contribution in [0.2, 0.25) is 5.02 Å². The van der Waals surface area contributed by atoms with Crippen LogP contribution in [-0.4, -0.2) is 5.33 Å². The van der Waals surface area contributed by atoms with Gasteiger partial charge in [-0.3, -0.25) is 0 Å². The molecule has 1 aliphatic carbocycles. The number of hydrogen-bond acceptors (Lipinski definition) is 0. The first-order chi connectivity index (χ1) is 8.67. The van der Waals surface area contributed by atoms with Crippen molar-refractivity contribution in [2.45, 2.75) is 38.3 Å². The molecule has 100 valence electrons. The Bertz CT molecular complexity index is 415. The van der Waals surface area contributed by atoms with Crippen molar-refractivity contribution in [3.8, 4) is 0 Å². The molecule has 0 nitrogen and oxygen atoms in total. The molecule has 0 atom stereocenters. The predicted molar refractivity (Wildman–Crippen MR) is 74.7 cm³/mol. The van der Waals surface area contributed by atoms with Crippen molar-refractivity contribution in [2.75, 3.05) is 5.33 Å². The summed E-state index contributed by atoms with van der Waals surface area (Å²) in [5.74, 6) is 0.393. The van der Waals surface area contributed by atoms with E-state index in [1.807, 2.05) is 0 Å². The van der Waals surface area contributed by atoms with Crippen LogP contribution < -0.4 is 0 Å². The zero-order chi connectivity index (χ0) is 13.1. The fraction of sp³-hybridized carbons (Fsp3) is 0.571. The highest BCUT2D eigenvalue weighted by atomic mass is 79.9. The van der Waals surface area contributed by atoms with Crippen LogP contribution in [0.25, 0.3) is 0 Å². The quantitative estimate of drug-likeness (QED) is 0.628. The topological polar surface area (TPSA) is 0 Å². The average molecular weight is 338 g/mol. The second-order valence-electron chi connectivity index (χ2n) is 4.93. The van der Waals surface area contributed by atoms with E-state index in [1.165, 1.54) is 0 Å². The van der Waals surface area contributed by atoms with Crippen LogP contribution in [0.4, 0.5) is 8.78 Å². The first-order valence-corrected chi connectivity index (χ1v) is 7.76. The summed E-state index contributed by atoms with van der Waals surface area (Å²) in [6.45, 7) is -0.778. The third kappa shape index (κ3) is 2.88. The minimum absolute atomic E-state index is 0.0144. The summed E-state index contributed by atoms with van der Waals surface area (Å²) in [5, 5.41) is 1.03. The van der Waals surface area contributed by atoms with Crippen LogP contribution in [0.1, 0.15) is 42.7 Å². The van der Waals surface area contributed by atoms with Gasteiger partial charge >= 0.3 is 0 Å². The fourth-order valence-corrected chi connectivity index (χ4v) is 3.58. The summed E-state index contributed by atoms with van der Waals surface area (Å²) in [4.78, 5) is 0. The largest absolute Gasteiger partial charge is 0.246 e. The summed E-state index contributed by atoms with van der Waals surface area (Å²) < 4.78 is 26.8. The summed E-state index contributed by atoms with van der Waals surface area (Å²) in [6.07, 6.45) is 4.24. The Morgan fingerprint density at radius 2 is 1.89 bits per heavy atom. The van der Waals surface area contributed by atoms with Crippen LogP contribution in [0.15, 0.2) is 12.1 Å². The average Bonchev–Trinajstić information content (AvgIpc) is 2.42. The third-order valence-electron chi connectivity index (χ3n) is 3.87. The van der Waals surface area contributed by atoms with Crippen LogP contribution in [-0.2, 0) is 6.67 Å². The maximum Gasteiger partial charge on any atom is 0.147 e. The molecular weight excluding hydrogens is 322 g/mol. The molecule has 4 heteroatoms. The lowest BCUT2D eigenvalue weighted by molar-refractivity contribution is 0.349. The van der Waals surface area contributed by atoms with Gasteiger partial charge in [0.15, 0.2) is 0 Å². The van der Waals surface area contributed by atoms with Gasteiger partial charge in [-0.25, -0.2) is 8.78 Å². The second kappa shape index (κ2) is 6.33. The van der Waals surface area contributed by atoms with E-state index in [2.05, 4.69) is 15.9 Å². The van der Waals surface area contributed by atoms with E-state index in [0.717, 1.165) is 36.6 Å². The summed E-state index contributed by atoms with van der Waals surface area (Å²) in [7, 11) is 0. The van der Waals surface area contributed by atoms with Crippen LogP contribution in [0.3, 0.4) is 0 Å². The SMILES string of the molecule is FCc1c(F)c(Cl)ccc1[C@H]1CC[C@H](CBr)CC1. The van der Waals surface area contributed by atoms with E-state index < -0.39 is 12.5 Å². The number of rotatable bonds is 3. The van der Waals surface area contributed by atoms with Gasteiger partial charge in [-0.15, -0.1) is 0 Å². The first-order valence-electron chi connectivity index (χ1n) is 6.26. The molecule has 1 saturated carbocycles. The van der Waals surface area contributed by atoms with Crippen LogP contribution >= 0.6 is 27.5 Å². The molecule has 0 bridgehead atoms. The molecular formula is C14H16BrClF2. The Morgan fingerprint density at radius 1 is 1.22 bits per heavy atom. The number of benzene rings is 1. The Hall–Kier alpha value is -0.150. The van der Waals surface area contributed by atoms with Crippen molar-refractivity contribution in [3.63, 3.8) is 0 Å². The molecule has 1 aliphatic rings.